The lowest BCUT2D eigenvalue weighted by atomic mass is 10.0. The zero-order valence-electron chi connectivity index (χ0n) is 18.5. The van der Waals surface area contributed by atoms with Gasteiger partial charge in [-0.3, -0.25) is 14.5 Å². The number of amides is 2. The van der Waals surface area contributed by atoms with E-state index in [1.165, 1.54) is 13.1 Å². The number of aromatic nitrogens is 2. The van der Waals surface area contributed by atoms with Gasteiger partial charge in [0.2, 0.25) is 5.91 Å². The number of nitrogens with zero attached hydrogens (tertiary/aromatic N) is 3. The van der Waals surface area contributed by atoms with Crippen LogP contribution >= 0.6 is 0 Å². The molecule has 1 aliphatic rings. The molecular formula is C22H29F2N5O2. The standard InChI is InChI=1S/C22H29F2N5O2/c1-12(2)8-17(21(30)25-4)26-22(31)19-18-11-28(5)13(3)10-29(18)20(27-19)14-6-7-15(23)16(24)9-14/h6-7,9,12-13,17H,8,10-11H2,1-5H3,(H,25,30)(H,26,31). The van der Waals surface area contributed by atoms with Crippen LogP contribution in [0.1, 0.15) is 43.4 Å². The van der Waals surface area contributed by atoms with Crippen LogP contribution in [-0.4, -0.2) is 52.4 Å². The Balaban J connectivity index is 2.02. The van der Waals surface area contributed by atoms with Gasteiger partial charge in [-0.2, -0.15) is 0 Å². The molecule has 0 saturated heterocycles. The summed E-state index contributed by atoms with van der Waals surface area (Å²) in [6.45, 7) is 7.00. The fraction of sp³-hybridized carbons (Fsp3) is 0.500. The van der Waals surface area contributed by atoms with Crippen molar-refractivity contribution in [1.29, 1.82) is 0 Å². The summed E-state index contributed by atoms with van der Waals surface area (Å²) in [5.74, 6) is -2.06. The topological polar surface area (TPSA) is 79.3 Å². The maximum absolute atomic E-state index is 13.9. The lowest BCUT2D eigenvalue weighted by Gasteiger charge is -2.32. The number of likely N-dealkylation sites (N-methyl/N-ethyl adjacent to an activating group) is 2. The third-order valence-electron chi connectivity index (χ3n) is 5.64. The van der Waals surface area contributed by atoms with Crippen molar-refractivity contribution in [2.45, 2.75) is 52.4 Å². The highest BCUT2D eigenvalue weighted by molar-refractivity contribution is 5.97. The minimum atomic E-state index is -0.974. The van der Waals surface area contributed by atoms with E-state index < -0.39 is 23.6 Å². The van der Waals surface area contributed by atoms with Gasteiger partial charge in [0.25, 0.3) is 5.91 Å². The fourth-order valence-electron chi connectivity index (χ4n) is 3.78. The van der Waals surface area contributed by atoms with Crippen LogP contribution < -0.4 is 10.6 Å². The number of hydrogen-bond donors (Lipinski definition) is 2. The van der Waals surface area contributed by atoms with Crippen LogP contribution in [0.4, 0.5) is 8.78 Å². The third kappa shape index (κ3) is 4.76. The summed E-state index contributed by atoms with van der Waals surface area (Å²) in [6.07, 6.45) is 0.481. The van der Waals surface area contributed by atoms with Crippen LogP contribution in [0.2, 0.25) is 0 Å². The molecule has 2 aromatic rings. The highest BCUT2D eigenvalue weighted by Gasteiger charge is 2.31. The van der Waals surface area contributed by atoms with Gasteiger partial charge in [-0.05, 0) is 44.5 Å². The molecule has 1 aliphatic heterocycles. The quantitative estimate of drug-likeness (QED) is 0.734. The number of hydrogen-bond acceptors (Lipinski definition) is 4. The molecule has 31 heavy (non-hydrogen) atoms. The second kappa shape index (κ2) is 9.13. The van der Waals surface area contributed by atoms with Gasteiger partial charge in [0.05, 0.1) is 5.69 Å². The second-order valence-corrected chi connectivity index (χ2v) is 8.50. The smallest absolute Gasteiger partial charge is 0.272 e. The number of carbonyl (C=O) groups excluding carboxylic acids is 2. The molecule has 0 spiro atoms. The molecule has 0 aliphatic carbocycles. The summed E-state index contributed by atoms with van der Waals surface area (Å²) in [5.41, 5.74) is 1.26. The van der Waals surface area contributed by atoms with E-state index in [-0.39, 0.29) is 23.6 Å². The molecule has 0 bridgehead atoms. The summed E-state index contributed by atoms with van der Waals surface area (Å²) in [5, 5.41) is 5.38. The first kappa shape index (κ1) is 22.9. The summed E-state index contributed by atoms with van der Waals surface area (Å²) < 4.78 is 29.2. The van der Waals surface area contributed by atoms with Crippen molar-refractivity contribution in [3.8, 4) is 11.4 Å². The number of nitrogens with one attached hydrogen (secondary N) is 2. The lowest BCUT2D eigenvalue weighted by Crippen LogP contribution is -2.47. The molecule has 1 aromatic carbocycles. The van der Waals surface area contributed by atoms with E-state index in [0.29, 0.717) is 36.6 Å². The number of carbonyl (C=O) groups is 2. The van der Waals surface area contributed by atoms with Crippen molar-refractivity contribution >= 4 is 11.8 Å². The lowest BCUT2D eigenvalue weighted by molar-refractivity contribution is -0.122. The van der Waals surface area contributed by atoms with Gasteiger partial charge in [0, 0.05) is 31.7 Å². The maximum atomic E-state index is 13.9. The first-order valence-electron chi connectivity index (χ1n) is 10.4. The Morgan fingerprint density at radius 3 is 2.58 bits per heavy atom. The molecule has 7 nitrogen and oxygen atoms in total. The fourth-order valence-corrected chi connectivity index (χ4v) is 3.78. The van der Waals surface area contributed by atoms with Crippen LogP contribution in [0.25, 0.3) is 11.4 Å². The minimum Gasteiger partial charge on any atom is -0.357 e. The molecular weight excluding hydrogens is 404 g/mol. The summed E-state index contributed by atoms with van der Waals surface area (Å²) in [4.78, 5) is 32.0. The van der Waals surface area contributed by atoms with Crippen molar-refractivity contribution in [3.05, 3.63) is 41.2 Å². The van der Waals surface area contributed by atoms with Crippen LogP contribution in [0.15, 0.2) is 18.2 Å². The monoisotopic (exact) mass is 433 g/mol. The van der Waals surface area contributed by atoms with E-state index in [0.717, 1.165) is 12.1 Å². The van der Waals surface area contributed by atoms with Gasteiger partial charge < -0.3 is 15.2 Å². The minimum absolute atomic E-state index is 0.168. The third-order valence-corrected chi connectivity index (χ3v) is 5.64. The van der Waals surface area contributed by atoms with E-state index in [4.69, 9.17) is 0 Å². The van der Waals surface area contributed by atoms with Crippen molar-refractivity contribution in [3.63, 3.8) is 0 Å². The number of fused-ring (bicyclic) bond motifs is 1. The summed E-state index contributed by atoms with van der Waals surface area (Å²) in [7, 11) is 3.48. The molecule has 3 rings (SSSR count). The van der Waals surface area contributed by atoms with Gasteiger partial charge in [-0.15, -0.1) is 0 Å². The Morgan fingerprint density at radius 2 is 1.97 bits per heavy atom. The first-order chi connectivity index (χ1) is 14.6. The number of imidazole rings is 1. The molecule has 9 heteroatoms. The van der Waals surface area contributed by atoms with Gasteiger partial charge in [-0.1, -0.05) is 13.8 Å². The molecule has 2 atom stereocenters. The van der Waals surface area contributed by atoms with Crippen molar-refractivity contribution in [1.82, 2.24) is 25.1 Å². The Morgan fingerprint density at radius 1 is 1.26 bits per heavy atom. The molecule has 0 saturated carbocycles. The average molecular weight is 434 g/mol. The van der Waals surface area contributed by atoms with Crippen molar-refractivity contribution < 1.29 is 18.4 Å². The Labute approximate surface area is 180 Å². The number of halogens is 2. The number of benzene rings is 1. The molecule has 0 fully saturated rings. The van der Waals surface area contributed by atoms with E-state index in [2.05, 4.69) is 20.5 Å². The van der Waals surface area contributed by atoms with Gasteiger partial charge in [-0.25, -0.2) is 13.8 Å². The van der Waals surface area contributed by atoms with Crippen LogP contribution in [-0.2, 0) is 17.9 Å². The molecule has 2 unspecified atom stereocenters. The van der Waals surface area contributed by atoms with E-state index in [1.54, 1.807) is 0 Å². The second-order valence-electron chi connectivity index (χ2n) is 8.50. The summed E-state index contributed by atoms with van der Waals surface area (Å²) in [6, 6.07) is 3.06. The van der Waals surface area contributed by atoms with Crippen LogP contribution in [0, 0.1) is 17.6 Å². The Kier molecular flexibility index (Phi) is 6.74. The van der Waals surface area contributed by atoms with Crippen LogP contribution in [0.5, 0.6) is 0 Å². The van der Waals surface area contributed by atoms with Crippen molar-refractivity contribution in [2.24, 2.45) is 5.92 Å². The largest absolute Gasteiger partial charge is 0.357 e. The molecule has 2 N–H and O–H groups in total. The molecule has 168 valence electrons. The molecule has 2 amide bonds. The Hall–Kier alpha value is -2.81. The Bertz CT molecular complexity index is 989. The molecule has 2 heterocycles. The zero-order valence-corrected chi connectivity index (χ0v) is 18.5. The first-order valence-corrected chi connectivity index (χ1v) is 10.4. The van der Waals surface area contributed by atoms with E-state index in [9.17, 15) is 18.4 Å². The highest BCUT2D eigenvalue weighted by Crippen LogP contribution is 2.29. The average Bonchev–Trinajstić information content (AvgIpc) is 3.07. The van der Waals surface area contributed by atoms with Crippen molar-refractivity contribution in [2.75, 3.05) is 14.1 Å². The SMILES string of the molecule is CNC(=O)C(CC(C)C)NC(=O)c1nc(-c2ccc(F)c(F)c2)n2c1CN(C)C(C)C2. The van der Waals surface area contributed by atoms with E-state index in [1.807, 2.05) is 32.4 Å². The predicted octanol–water partition coefficient (Wildman–Crippen LogP) is 2.55. The van der Waals surface area contributed by atoms with E-state index >= 15 is 0 Å². The summed E-state index contributed by atoms with van der Waals surface area (Å²) >= 11 is 0. The van der Waals surface area contributed by atoms with Gasteiger partial charge >= 0.3 is 0 Å². The van der Waals surface area contributed by atoms with Gasteiger partial charge in [0.1, 0.15) is 11.9 Å². The highest BCUT2D eigenvalue weighted by atomic mass is 19.2. The van der Waals surface area contributed by atoms with Gasteiger partial charge in [0.15, 0.2) is 17.3 Å². The normalized spacial score (nSPS) is 17.4. The zero-order chi connectivity index (χ0) is 22.9. The molecule has 0 radical (unpaired) electrons. The predicted molar refractivity (Wildman–Crippen MR) is 113 cm³/mol. The number of rotatable bonds is 6. The van der Waals surface area contributed by atoms with Crippen LogP contribution in [0.3, 0.4) is 0 Å². The molecule has 1 aromatic heterocycles. The maximum Gasteiger partial charge on any atom is 0.272 e.